The van der Waals surface area contributed by atoms with Gasteiger partial charge in [-0.1, -0.05) is 43.7 Å². The number of anilines is 2. The van der Waals surface area contributed by atoms with Crippen molar-refractivity contribution in [2.45, 2.75) is 33.4 Å². The first kappa shape index (κ1) is 28.0. The molecule has 10 heteroatoms. The van der Waals surface area contributed by atoms with Gasteiger partial charge < -0.3 is 19.9 Å². The molecule has 4 aromatic rings. The summed E-state index contributed by atoms with van der Waals surface area (Å²) in [6, 6.07) is 11.7. The van der Waals surface area contributed by atoms with Crippen LogP contribution in [0.2, 0.25) is 5.02 Å². The third-order valence-corrected chi connectivity index (χ3v) is 8.37. The molecule has 1 amide bonds. The number of ether oxygens (including phenoxy) is 1. The van der Waals surface area contributed by atoms with Gasteiger partial charge in [0.15, 0.2) is 0 Å². The van der Waals surface area contributed by atoms with E-state index in [0.29, 0.717) is 29.7 Å². The van der Waals surface area contributed by atoms with Gasteiger partial charge in [-0.3, -0.25) is 4.79 Å². The molecule has 1 N–H and O–H groups in total. The Bertz CT molecular complexity index is 1540. The zero-order valence-electron chi connectivity index (χ0n) is 22.5. The second-order valence-electron chi connectivity index (χ2n) is 9.49. The Kier molecular flexibility index (Phi) is 8.94. The molecule has 0 spiro atoms. The molecular weight excluding hydrogens is 549 g/mol. The highest BCUT2D eigenvalue weighted by Gasteiger charge is 2.25. The Morgan fingerprint density at radius 3 is 2.85 bits per heavy atom. The molecule has 0 saturated carbocycles. The first-order chi connectivity index (χ1) is 19.4. The van der Waals surface area contributed by atoms with E-state index in [2.05, 4.69) is 34.0 Å². The Labute approximate surface area is 242 Å². The molecule has 0 aliphatic carbocycles. The average Bonchev–Trinajstić information content (AvgIpc) is 3.34. The molecule has 0 fully saturated rings. The zero-order valence-corrected chi connectivity index (χ0v) is 24.1. The highest BCUT2D eigenvalue weighted by atomic mass is 35.5. The second-order valence-corrected chi connectivity index (χ2v) is 11.0. The number of fused-ring (bicyclic) bond motifs is 3. The highest BCUT2D eigenvalue weighted by molar-refractivity contribution is 7.19. The van der Waals surface area contributed by atoms with Crippen LogP contribution in [0.15, 0.2) is 60.9 Å². The monoisotopic (exact) mass is 579 g/mol. The summed E-state index contributed by atoms with van der Waals surface area (Å²) in [6.45, 7) is 8.35. The van der Waals surface area contributed by atoms with Crippen LogP contribution in [0.1, 0.15) is 29.9 Å². The predicted molar refractivity (Wildman–Crippen MR) is 159 cm³/mol. The second kappa shape index (κ2) is 12.8. The van der Waals surface area contributed by atoms with Gasteiger partial charge in [0.1, 0.15) is 35.1 Å². The first-order valence-corrected chi connectivity index (χ1v) is 14.5. The van der Waals surface area contributed by atoms with Crippen LogP contribution in [-0.4, -0.2) is 51.9 Å². The number of hydrogen-bond acceptors (Lipinski definition) is 7. The van der Waals surface area contributed by atoms with E-state index in [-0.39, 0.29) is 18.3 Å². The van der Waals surface area contributed by atoms with Crippen molar-refractivity contribution in [3.63, 3.8) is 0 Å². The molecule has 40 heavy (non-hydrogen) atoms. The summed E-state index contributed by atoms with van der Waals surface area (Å²) in [7, 11) is 0. The summed E-state index contributed by atoms with van der Waals surface area (Å²) in [5.41, 5.74) is 2.66. The molecule has 208 valence electrons. The van der Waals surface area contributed by atoms with E-state index >= 15 is 0 Å². The van der Waals surface area contributed by atoms with Gasteiger partial charge in [0.25, 0.3) is 0 Å². The largest absolute Gasteiger partial charge is 0.487 e. The number of nitrogens with one attached hydrogen (secondary N) is 1. The van der Waals surface area contributed by atoms with Gasteiger partial charge in [0.2, 0.25) is 5.91 Å². The topological polar surface area (TPSA) is 70.6 Å². The fraction of sp³-hybridized carbons (Fsp3) is 0.300. The number of hydrogen-bond donors (Lipinski definition) is 1. The van der Waals surface area contributed by atoms with Crippen molar-refractivity contribution in [2.75, 3.05) is 31.5 Å². The summed E-state index contributed by atoms with van der Waals surface area (Å²) in [5.74, 6) is 0.939. The smallest absolute Gasteiger partial charge is 0.246 e. The number of aromatic nitrogens is 2. The lowest BCUT2D eigenvalue weighted by molar-refractivity contribution is -0.126. The van der Waals surface area contributed by atoms with Crippen LogP contribution in [0.4, 0.5) is 15.9 Å². The fourth-order valence-corrected chi connectivity index (χ4v) is 6.16. The van der Waals surface area contributed by atoms with E-state index in [1.165, 1.54) is 17.7 Å². The van der Waals surface area contributed by atoms with Crippen molar-refractivity contribution >= 4 is 50.6 Å². The zero-order chi connectivity index (χ0) is 28.1. The Hall–Kier alpha value is -3.53. The fourth-order valence-electron chi connectivity index (χ4n) is 4.72. The number of carbonyl (C=O) groups excluding carboxylic acids is 1. The molecule has 0 radical (unpaired) electrons. The van der Waals surface area contributed by atoms with E-state index in [4.69, 9.17) is 16.3 Å². The minimum Gasteiger partial charge on any atom is -0.487 e. The molecular formula is C30H31ClFN5O2S. The minimum absolute atomic E-state index is 0.0362. The molecule has 0 saturated heterocycles. The summed E-state index contributed by atoms with van der Waals surface area (Å²) >= 11 is 8.11. The van der Waals surface area contributed by atoms with E-state index in [1.807, 2.05) is 17.0 Å². The number of carbonyl (C=O) groups is 1. The van der Waals surface area contributed by atoms with Gasteiger partial charge in [0, 0.05) is 29.7 Å². The lowest BCUT2D eigenvalue weighted by Gasteiger charge is -2.26. The van der Waals surface area contributed by atoms with Crippen molar-refractivity contribution in [1.82, 2.24) is 19.8 Å². The first-order valence-electron chi connectivity index (χ1n) is 13.3. The van der Waals surface area contributed by atoms with E-state index in [0.717, 1.165) is 52.4 Å². The van der Waals surface area contributed by atoms with Crippen molar-refractivity contribution in [3.05, 3.63) is 87.8 Å². The molecule has 5 rings (SSSR count). The van der Waals surface area contributed by atoms with Crippen LogP contribution in [0.25, 0.3) is 10.2 Å². The maximum Gasteiger partial charge on any atom is 0.246 e. The van der Waals surface area contributed by atoms with Gasteiger partial charge in [-0.25, -0.2) is 14.4 Å². The number of amides is 1. The molecule has 0 bridgehead atoms. The normalized spacial score (nSPS) is 13.3. The van der Waals surface area contributed by atoms with Crippen LogP contribution < -0.4 is 10.1 Å². The SMILES string of the molecule is CCN(CC)CC=CC(=O)N1CCc2c(sc3ncnc(Nc4ccc(OCc5cccc(F)c5)c(Cl)c4)c23)C1. The van der Waals surface area contributed by atoms with Gasteiger partial charge in [0.05, 0.1) is 17.0 Å². The number of nitrogens with zero attached hydrogens (tertiary/aromatic N) is 4. The van der Waals surface area contributed by atoms with Crippen molar-refractivity contribution in [2.24, 2.45) is 0 Å². The van der Waals surface area contributed by atoms with Crippen molar-refractivity contribution < 1.29 is 13.9 Å². The molecule has 2 aromatic heterocycles. The quantitative estimate of drug-likeness (QED) is 0.214. The maximum absolute atomic E-state index is 13.5. The lowest BCUT2D eigenvalue weighted by atomic mass is 10.0. The van der Waals surface area contributed by atoms with E-state index in [1.54, 1.807) is 48.0 Å². The molecule has 0 unspecified atom stereocenters. The molecule has 1 aliphatic rings. The summed E-state index contributed by atoms with van der Waals surface area (Å²) in [6.07, 6.45) is 5.93. The molecule has 1 aliphatic heterocycles. The van der Waals surface area contributed by atoms with Crippen LogP contribution in [0, 0.1) is 5.82 Å². The predicted octanol–water partition coefficient (Wildman–Crippen LogP) is 6.59. The Morgan fingerprint density at radius 1 is 1.23 bits per heavy atom. The van der Waals surface area contributed by atoms with E-state index < -0.39 is 0 Å². The van der Waals surface area contributed by atoms with Gasteiger partial charge in [-0.2, -0.15) is 0 Å². The Morgan fingerprint density at radius 2 is 2.08 bits per heavy atom. The maximum atomic E-state index is 13.5. The van der Waals surface area contributed by atoms with Crippen LogP contribution in [0.3, 0.4) is 0 Å². The van der Waals surface area contributed by atoms with Gasteiger partial charge in [-0.05, 0) is 61.0 Å². The number of halogens is 2. The Balaban J connectivity index is 1.28. The molecule has 7 nitrogen and oxygen atoms in total. The lowest BCUT2D eigenvalue weighted by Crippen LogP contribution is -2.34. The average molecular weight is 580 g/mol. The number of thiophene rings is 1. The minimum atomic E-state index is -0.305. The van der Waals surface area contributed by atoms with Crippen LogP contribution in [0.5, 0.6) is 5.75 Å². The van der Waals surface area contributed by atoms with E-state index in [9.17, 15) is 9.18 Å². The number of benzene rings is 2. The molecule has 0 atom stereocenters. The summed E-state index contributed by atoms with van der Waals surface area (Å²) in [4.78, 5) is 28.0. The highest BCUT2D eigenvalue weighted by Crippen LogP contribution is 2.39. The molecule has 3 heterocycles. The van der Waals surface area contributed by atoms with Crippen LogP contribution in [-0.2, 0) is 24.4 Å². The van der Waals surface area contributed by atoms with Gasteiger partial charge >= 0.3 is 0 Å². The van der Waals surface area contributed by atoms with Gasteiger partial charge in [-0.15, -0.1) is 11.3 Å². The molecule has 2 aromatic carbocycles. The van der Waals surface area contributed by atoms with Crippen molar-refractivity contribution in [3.8, 4) is 5.75 Å². The number of rotatable bonds is 10. The number of likely N-dealkylation sites (N-methyl/N-ethyl adjacent to an activating group) is 1. The van der Waals surface area contributed by atoms with Crippen molar-refractivity contribution in [1.29, 1.82) is 0 Å². The standard InChI is InChI=1S/C30H31ClFN5O2S/c1-3-36(4-2)13-6-9-27(38)37-14-12-23-26(17-37)40-30-28(23)29(33-19-34-30)35-22-10-11-25(24(31)16-22)39-18-20-7-5-8-21(32)15-20/h5-11,15-16,19H,3-4,12-14,17-18H2,1-2H3,(H,33,34,35). The van der Waals surface area contributed by atoms with Crippen LogP contribution >= 0.6 is 22.9 Å². The summed E-state index contributed by atoms with van der Waals surface area (Å²) in [5, 5.41) is 4.80. The summed E-state index contributed by atoms with van der Waals surface area (Å²) < 4.78 is 19.3. The third-order valence-electron chi connectivity index (χ3n) is 6.95. The third kappa shape index (κ3) is 6.43.